The van der Waals surface area contributed by atoms with E-state index in [4.69, 9.17) is 0 Å². The highest BCUT2D eigenvalue weighted by atomic mass is 16.1. The predicted octanol–water partition coefficient (Wildman–Crippen LogP) is 2.24. The van der Waals surface area contributed by atoms with Crippen molar-refractivity contribution >= 4 is 22.6 Å². The lowest BCUT2D eigenvalue weighted by Gasteiger charge is -2.08. The van der Waals surface area contributed by atoms with E-state index in [1.165, 1.54) is 11.0 Å². The molecule has 0 saturated carbocycles. The van der Waals surface area contributed by atoms with E-state index in [1.807, 2.05) is 30.7 Å². The molecule has 0 unspecified atom stereocenters. The normalized spacial score (nSPS) is 11.2. The number of nitrogens with one attached hydrogen (secondary N) is 1. The summed E-state index contributed by atoms with van der Waals surface area (Å²) in [6, 6.07) is 9.22. The molecule has 4 aromatic rings. The molecule has 0 aliphatic heterocycles. The van der Waals surface area contributed by atoms with Gasteiger partial charge in [0, 0.05) is 23.3 Å². The summed E-state index contributed by atoms with van der Waals surface area (Å²) in [5.74, 6) is -0.230. The fourth-order valence-electron chi connectivity index (χ4n) is 2.62. The number of rotatable bonds is 4. The van der Waals surface area contributed by atoms with E-state index in [0.29, 0.717) is 11.3 Å². The van der Waals surface area contributed by atoms with Crippen molar-refractivity contribution in [1.82, 2.24) is 35.0 Å². The number of aromatic nitrogens is 7. The second kappa shape index (κ2) is 6.36. The van der Waals surface area contributed by atoms with Crippen LogP contribution in [0, 0.1) is 0 Å². The third-order valence-electron chi connectivity index (χ3n) is 3.92. The molecule has 130 valence electrons. The molecule has 4 rings (SSSR count). The molecule has 0 saturated heterocycles. The molecule has 26 heavy (non-hydrogen) atoms. The topological polar surface area (TPSA) is 103 Å². The smallest absolute Gasteiger partial charge is 0.257 e. The molecule has 9 nitrogen and oxygen atoms in total. The van der Waals surface area contributed by atoms with Crippen molar-refractivity contribution in [3.8, 4) is 5.69 Å². The van der Waals surface area contributed by atoms with Crippen LogP contribution in [0.1, 0.15) is 30.2 Å². The maximum absolute atomic E-state index is 12.5. The van der Waals surface area contributed by atoms with E-state index in [1.54, 1.807) is 30.6 Å². The van der Waals surface area contributed by atoms with Gasteiger partial charge in [-0.1, -0.05) is 0 Å². The van der Waals surface area contributed by atoms with E-state index in [9.17, 15) is 4.79 Å². The Kier molecular flexibility index (Phi) is 3.88. The van der Waals surface area contributed by atoms with Gasteiger partial charge < -0.3 is 5.32 Å². The molecule has 1 N–H and O–H groups in total. The van der Waals surface area contributed by atoms with Crippen LogP contribution in [0.25, 0.3) is 16.7 Å². The quantitative estimate of drug-likeness (QED) is 0.606. The highest BCUT2D eigenvalue weighted by molar-refractivity contribution is 6.05. The van der Waals surface area contributed by atoms with Gasteiger partial charge in [-0.25, -0.2) is 14.3 Å². The molecule has 0 atom stereocenters. The molecule has 0 fully saturated rings. The molecule has 3 aromatic heterocycles. The summed E-state index contributed by atoms with van der Waals surface area (Å²) in [4.78, 5) is 16.9. The molecule has 0 spiro atoms. The largest absolute Gasteiger partial charge is 0.322 e. The van der Waals surface area contributed by atoms with Crippen molar-refractivity contribution in [3.05, 3.63) is 54.6 Å². The standard InChI is InChI=1S/C17H16N8O/c1-11(2)25-16-12(9-20-25)7-13(8-18-16)17(26)21-14-3-5-15(6-4-14)24-10-19-22-23-24/h3-11H,1-2H3,(H,21,26). The minimum Gasteiger partial charge on any atom is -0.322 e. The number of carbonyl (C=O) groups excluding carboxylic acids is 1. The minimum absolute atomic E-state index is 0.207. The van der Waals surface area contributed by atoms with Crippen LogP contribution in [0.2, 0.25) is 0 Å². The highest BCUT2D eigenvalue weighted by Gasteiger charge is 2.12. The molecule has 0 aliphatic rings. The van der Waals surface area contributed by atoms with Gasteiger partial charge in [-0.3, -0.25) is 4.79 Å². The minimum atomic E-state index is -0.230. The Labute approximate surface area is 148 Å². The molecular formula is C17H16N8O. The van der Waals surface area contributed by atoms with Crippen LogP contribution in [0.15, 0.2) is 49.1 Å². The van der Waals surface area contributed by atoms with E-state index < -0.39 is 0 Å². The van der Waals surface area contributed by atoms with Crippen LogP contribution in [0.5, 0.6) is 0 Å². The first-order valence-corrected chi connectivity index (χ1v) is 8.10. The highest BCUT2D eigenvalue weighted by Crippen LogP contribution is 2.18. The summed E-state index contributed by atoms with van der Waals surface area (Å²) < 4.78 is 3.37. The summed E-state index contributed by atoms with van der Waals surface area (Å²) in [5, 5.41) is 19.0. The van der Waals surface area contributed by atoms with E-state index in [0.717, 1.165) is 16.7 Å². The van der Waals surface area contributed by atoms with E-state index in [-0.39, 0.29) is 11.9 Å². The summed E-state index contributed by atoms with van der Waals surface area (Å²) in [6.07, 6.45) is 4.79. The van der Waals surface area contributed by atoms with Crippen LogP contribution in [0.4, 0.5) is 5.69 Å². The van der Waals surface area contributed by atoms with Crippen LogP contribution < -0.4 is 5.32 Å². The third-order valence-corrected chi connectivity index (χ3v) is 3.92. The lowest BCUT2D eigenvalue weighted by atomic mass is 10.2. The molecule has 0 bridgehead atoms. The number of fused-ring (bicyclic) bond motifs is 1. The lowest BCUT2D eigenvalue weighted by molar-refractivity contribution is 0.102. The number of hydrogen-bond acceptors (Lipinski definition) is 6. The van der Waals surface area contributed by atoms with Crippen molar-refractivity contribution in [2.24, 2.45) is 0 Å². The monoisotopic (exact) mass is 348 g/mol. The van der Waals surface area contributed by atoms with Gasteiger partial charge in [0.1, 0.15) is 6.33 Å². The van der Waals surface area contributed by atoms with Gasteiger partial charge in [-0.15, -0.1) is 5.10 Å². The number of tetrazole rings is 1. The molecule has 1 amide bonds. The number of hydrogen-bond donors (Lipinski definition) is 1. The first kappa shape index (κ1) is 15.9. The third kappa shape index (κ3) is 2.90. The Morgan fingerprint density at radius 1 is 1.15 bits per heavy atom. The molecule has 3 heterocycles. The zero-order valence-electron chi connectivity index (χ0n) is 14.2. The Hall–Kier alpha value is -3.62. The number of pyridine rings is 1. The van der Waals surface area contributed by atoms with E-state index in [2.05, 4.69) is 30.9 Å². The molecule has 0 aliphatic carbocycles. The van der Waals surface area contributed by atoms with Crippen LogP contribution >= 0.6 is 0 Å². The SMILES string of the molecule is CC(C)n1ncc2cc(C(=O)Nc3ccc(-n4cnnn4)cc3)cnc21. The Morgan fingerprint density at radius 2 is 1.96 bits per heavy atom. The maximum Gasteiger partial charge on any atom is 0.257 e. The average molecular weight is 348 g/mol. The van der Waals surface area contributed by atoms with Crippen molar-refractivity contribution in [2.45, 2.75) is 19.9 Å². The van der Waals surface area contributed by atoms with Gasteiger partial charge in [0.25, 0.3) is 5.91 Å². The summed E-state index contributed by atoms with van der Waals surface area (Å²) in [7, 11) is 0. The summed E-state index contributed by atoms with van der Waals surface area (Å²) in [6.45, 7) is 4.07. The molecule has 1 aromatic carbocycles. The number of amides is 1. The van der Waals surface area contributed by atoms with Crippen molar-refractivity contribution in [1.29, 1.82) is 0 Å². The maximum atomic E-state index is 12.5. The van der Waals surface area contributed by atoms with Gasteiger partial charge >= 0.3 is 0 Å². The molecular weight excluding hydrogens is 332 g/mol. The Morgan fingerprint density at radius 3 is 2.65 bits per heavy atom. The second-order valence-electron chi connectivity index (χ2n) is 6.08. The summed E-state index contributed by atoms with van der Waals surface area (Å²) in [5.41, 5.74) is 2.72. The van der Waals surface area contributed by atoms with Crippen molar-refractivity contribution < 1.29 is 4.79 Å². The van der Waals surface area contributed by atoms with Gasteiger partial charge in [0.15, 0.2) is 5.65 Å². The number of benzene rings is 1. The van der Waals surface area contributed by atoms with Crippen LogP contribution in [-0.2, 0) is 0 Å². The molecule has 0 radical (unpaired) electrons. The molecule has 9 heteroatoms. The average Bonchev–Trinajstić information content (AvgIpc) is 3.31. The van der Waals surface area contributed by atoms with Crippen LogP contribution in [0.3, 0.4) is 0 Å². The fourth-order valence-corrected chi connectivity index (χ4v) is 2.62. The number of anilines is 1. The first-order chi connectivity index (χ1) is 12.6. The van der Waals surface area contributed by atoms with Gasteiger partial charge in [-0.05, 0) is 54.6 Å². The van der Waals surface area contributed by atoms with Crippen molar-refractivity contribution in [3.63, 3.8) is 0 Å². The summed E-state index contributed by atoms with van der Waals surface area (Å²) >= 11 is 0. The zero-order valence-corrected chi connectivity index (χ0v) is 14.2. The predicted molar refractivity (Wildman–Crippen MR) is 95.0 cm³/mol. The number of carbonyl (C=O) groups is 1. The van der Waals surface area contributed by atoms with E-state index >= 15 is 0 Å². The first-order valence-electron chi connectivity index (χ1n) is 8.10. The fraction of sp³-hybridized carbons (Fsp3) is 0.176. The van der Waals surface area contributed by atoms with Gasteiger partial charge in [0.05, 0.1) is 17.4 Å². The van der Waals surface area contributed by atoms with Gasteiger partial charge in [0.2, 0.25) is 0 Å². The van der Waals surface area contributed by atoms with Crippen molar-refractivity contribution in [2.75, 3.05) is 5.32 Å². The Balaban J connectivity index is 1.53. The second-order valence-corrected chi connectivity index (χ2v) is 6.08. The Bertz CT molecular complexity index is 1050. The van der Waals surface area contributed by atoms with Gasteiger partial charge in [-0.2, -0.15) is 5.10 Å². The lowest BCUT2D eigenvalue weighted by Crippen LogP contribution is -2.12. The number of nitrogens with zero attached hydrogens (tertiary/aromatic N) is 7. The zero-order chi connectivity index (χ0) is 18.1. The van der Waals surface area contributed by atoms with Crippen LogP contribution in [-0.4, -0.2) is 40.9 Å².